The van der Waals surface area contributed by atoms with E-state index in [1.165, 1.54) is 0 Å². The molecule has 0 bridgehead atoms. The number of rotatable bonds is 4. The molecule has 23 heavy (non-hydrogen) atoms. The van der Waals surface area contributed by atoms with Crippen molar-refractivity contribution in [2.24, 2.45) is 0 Å². The van der Waals surface area contributed by atoms with Crippen molar-refractivity contribution in [3.8, 4) is 0 Å². The fraction of sp³-hybridized carbons (Fsp3) is 0.500. The first kappa shape index (κ1) is 16.0. The summed E-state index contributed by atoms with van der Waals surface area (Å²) >= 11 is 0. The van der Waals surface area contributed by atoms with Gasteiger partial charge in [-0.05, 0) is 38.3 Å². The van der Waals surface area contributed by atoms with Crippen molar-refractivity contribution in [3.05, 3.63) is 30.3 Å². The molecule has 1 saturated heterocycles. The molecule has 0 aromatic heterocycles. The molecular weight excluding hydrogens is 316 g/mol. The first-order chi connectivity index (χ1) is 10.8. The zero-order valence-corrected chi connectivity index (χ0v) is 14.0. The number of anilines is 1. The normalized spacial score (nSPS) is 26.2. The second-order valence-electron chi connectivity index (χ2n) is 6.42. The molecule has 124 valence electrons. The Balaban J connectivity index is 1.76. The molecule has 7 heteroatoms. The molecule has 0 radical (unpaired) electrons. The van der Waals surface area contributed by atoms with E-state index >= 15 is 0 Å². The maximum absolute atomic E-state index is 12.6. The average Bonchev–Trinajstić information content (AvgIpc) is 3.24. The number of para-hydroxylation sites is 1. The van der Waals surface area contributed by atoms with Gasteiger partial charge in [0.15, 0.2) is 14.6 Å². The molecule has 6 nitrogen and oxygen atoms in total. The van der Waals surface area contributed by atoms with Gasteiger partial charge >= 0.3 is 0 Å². The number of amides is 2. The first-order valence-electron chi connectivity index (χ1n) is 7.65. The summed E-state index contributed by atoms with van der Waals surface area (Å²) in [6, 6.07) is 8.54. The van der Waals surface area contributed by atoms with Crippen LogP contribution in [0.25, 0.3) is 0 Å². The van der Waals surface area contributed by atoms with E-state index in [0.717, 1.165) is 11.9 Å². The highest BCUT2D eigenvalue weighted by Gasteiger charge is 2.59. The minimum atomic E-state index is -3.47. The Kier molecular flexibility index (Phi) is 3.71. The van der Waals surface area contributed by atoms with Gasteiger partial charge in [-0.25, -0.2) is 8.42 Å². The van der Waals surface area contributed by atoms with Crippen LogP contribution in [0.5, 0.6) is 0 Å². The summed E-state index contributed by atoms with van der Waals surface area (Å²) < 4.78 is 22.3. The van der Waals surface area contributed by atoms with Crippen molar-refractivity contribution in [2.75, 3.05) is 11.2 Å². The number of nitrogens with one attached hydrogen (secondary N) is 1. The van der Waals surface area contributed by atoms with Crippen LogP contribution in [0.2, 0.25) is 0 Å². The van der Waals surface area contributed by atoms with E-state index in [-0.39, 0.29) is 11.9 Å². The monoisotopic (exact) mass is 336 g/mol. The van der Waals surface area contributed by atoms with Crippen LogP contribution in [0.3, 0.4) is 0 Å². The summed E-state index contributed by atoms with van der Waals surface area (Å²) in [6.45, 7) is 1.92. The number of nitrogens with zero attached hydrogens (tertiary/aromatic N) is 1. The van der Waals surface area contributed by atoms with Gasteiger partial charge < -0.3 is 10.2 Å². The fourth-order valence-corrected chi connectivity index (χ4v) is 4.43. The predicted octanol–water partition coefficient (Wildman–Crippen LogP) is 0.874. The van der Waals surface area contributed by atoms with E-state index in [0.29, 0.717) is 19.3 Å². The number of carbonyl (C=O) groups is 2. The molecule has 1 N–H and O–H groups in total. The molecule has 1 heterocycles. The molecule has 0 spiro atoms. The van der Waals surface area contributed by atoms with Gasteiger partial charge in [-0.15, -0.1) is 0 Å². The molecule has 1 aromatic carbocycles. The van der Waals surface area contributed by atoms with Crippen LogP contribution >= 0.6 is 0 Å². The lowest BCUT2D eigenvalue weighted by Crippen LogP contribution is -2.49. The second kappa shape index (κ2) is 5.33. The lowest BCUT2D eigenvalue weighted by atomic mass is 10.2. The van der Waals surface area contributed by atoms with E-state index < -0.39 is 26.5 Å². The van der Waals surface area contributed by atoms with E-state index in [2.05, 4.69) is 5.32 Å². The van der Waals surface area contributed by atoms with Gasteiger partial charge in [-0.3, -0.25) is 9.59 Å². The molecule has 1 aliphatic carbocycles. The number of hydrogen-bond acceptors (Lipinski definition) is 4. The van der Waals surface area contributed by atoms with Crippen LogP contribution in [0, 0.1) is 0 Å². The Morgan fingerprint density at radius 1 is 1.26 bits per heavy atom. The predicted molar refractivity (Wildman–Crippen MR) is 86.7 cm³/mol. The molecule has 1 aromatic rings. The van der Waals surface area contributed by atoms with Gasteiger partial charge in [0.05, 0.1) is 0 Å². The van der Waals surface area contributed by atoms with Crippen molar-refractivity contribution in [1.29, 1.82) is 0 Å². The summed E-state index contributed by atoms with van der Waals surface area (Å²) in [6.07, 6.45) is 2.21. The minimum Gasteiger partial charge on any atom is -0.343 e. The molecule has 2 aliphatic rings. The summed E-state index contributed by atoms with van der Waals surface area (Å²) in [4.78, 5) is 26.6. The summed E-state index contributed by atoms with van der Waals surface area (Å²) in [5.41, 5.74) is 0.783. The zero-order valence-electron chi connectivity index (χ0n) is 13.2. The molecule has 1 aliphatic heterocycles. The highest BCUT2D eigenvalue weighted by Crippen LogP contribution is 2.43. The van der Waals surface area contributed by atoms with E-state index in [1.807, 2.05) is 37.3 Å². The van der Waals surface area contributed by atoms with E-state index in [9.17, 15) is 18.0 Å². The Morgan fingerprint density at radius 2 is 1.87 bits per heavy atom. The number of carbonyl (C=O) groups excluding carboxylic acids is 2. The number of benzene rings is 1. The SMILES string of the molecule is C[C@H]1C[C@H](NC(=O)C2(S(C)(=O)=O)CC2)C(=O)N1c1ccccc1. The highest BCUT2D eigenvalue weighted by atomic mass is 32.2. The Bertz CT molecular complexity index is 741. The van der Waals surface area contributed by atoms with Gasteiger partial charge in [0.25, 0.3) is 0 Å². The Hall–Kier alpha value is -1.89. The Morgan fingerprint density at radius 3 is 2.39 bits per heavy atom. The van der Waals surface area contributed by atoms with Gasteiger partial charge in [0.1, 0.15) is 6.04 Å². The lowest BCUT2D eigenvalue weighted by molar-refractivity contribution is -0.126. The molecule has 0 unspecified atom stereocenters. The number of sulfone groups is 1. The fourth-order valence-electron chi connectivity index (χ4n) is 3.19. The largest absolute Gasteiger partial charge is 0.343 e. The third-order valence-electron chi connectivity index (χ3n) is 4.72. The zero-order chi connectivity index (χ0) is 16.8. The van der Waals surface area contributed by atoms with Crippen molar-refractivity contribution in [1.82, 2.24) is 5.32 Å². The molecule has 2 fully saturated rings. The maximum Gasteiger partial charge on any atom is 0.249 e. The summed E-state index contributed by atoms with van der Waals surface area (Å²) in [5, 5.41) is 2.66. The number of hydrogen-bond donors (Lipinski definition) is 1. The summed E-state index contributed by atoms with van der Waals surface area (Å²) in [7, 11) is -3.47. The lowest BCUT2D eigenvalue weighted by Gasteiger charge is -2.21. The van der Waals surface area contributed by atoms with Crippen molar-refractivity contribution < 1.29 is 18.0 Å². The van der Waals surface area contributed by atoms with Crippen LogP contribution in [0.1, 0.15) is 26.2 Å². The molecular formula is C16H20N2O4S. The Labute approximate surface area is 135 Å². The summed E-state index contributed by atoms with van der Waals surface area (Å²) in [5.74, 6) is -0.734. The minimum absolute atomic E-state index is 0.0522. The maximum atomic E-state index is 12.6. The van der Waals surface area contributed by atoms with Gasteiger partial charge in [-0.2, -0.15) is 0 Å². The van der Waals surface area contributed by atoms with E-state index in [4.69, 9.17) is 0 Å². The highest BCUT2D eigenvalue weighted by molar-refractivity contribution is 7.93. The van der Waals surface area contributed by atoms with Crippen molar-refractivity contribution in [3.63, 3.8) is 0 Å². The van der Waals surface area contributed by atoms with Gasteiger partial charge in [0, 0.05) is 18.0 Å². The van der Waals surface area contributed by atoms with E-state index in [1.54, 1.807) is 4.90 Å². The van der Waals surface area contributed by atoms with Crippen LogP contribution < -0.4 is 10.2 Å². The van der Waals surface area contributed by atoms with Gasteiger partial charge in [0.2, 0.25) is 11.8 Å². The van der Waals surface area contributed by atoms with Crippen LogP contribution in [-0.2, 0) is 19.4 Å². The van der Waals surface area contributed by atoms with Crippen molar-refractivity contribution in [2.45, 2.75) is 43.0 Å². The molecule has 3 rings (SSSR count). The smallest absolute Gasteiger partial charge is 0.249 e. The molecule has 2 atom stereocenters. The van der Waals surface area contributed by atoms with Crippen LogP contribution in [0.4, 0.5) is 5.69 Å². The molecule has 1 saturated carbocycles. The van der Waals surface area contributed by atoms with Gasteiger partial charge in [-0.1, -0.05) is 18.2 Å². The third kappa shape index (κ3) is 2.63. The average molecular weight is 336 g/mol. The van der Waals surface area contributed by atoms with Crippen molar-refractivity contribution >= 4 is 27.3 Å². The van der Waals surface area contributed by atoms with Crippen LogP contribution in [-0.4, -0.2) is 43.3 Å². The third-order valence-corrected chi connectivity index (χ3v) is 6.73. The quantitative estimate of drug-likeness (QED) is 0.884. The standard InChI is InChI=1S/C16H20N2O4S/c1-11-10-13(14(19)18(11)12-6-4-3-5-7-12)17-15(20)16(8-9-16)23(2,21)22/h3-7,11,13H,8-10H2,1-2H3,(H,17,20)/t11-,13-/m0/s1. The first-order valence-corrected chi connectivity index (χ1v) is 9.54. The topological polar surface area (TPSA) is 83.5 Å². The molecule has 2 amide bonds. The second-order valence-corrected chi connectivity index (χ2v) is 8.75. The van der Waals surface area contributed by atoms with Crippen LogP contribution in [0.15, 0.2) is 30.3 Å².